The molecule has 21 heavy (non-hydrogen) atoms. The monoisotopic (exact) mass is 345 g/mol. The molecule has 0 bridgehead atoms. The fraction of sp³-hybridized carbons (Fsp3) is 0.417. The average molecular weight is 346 g/mol. The maximum atomic E-state index is 13.9. The van der Waals surface area contributed by atoms with Gasteiger partial charge < -0.3 is 5.11 Å². The Hall–Kier alpha value is -1.15. The summed E-state index contributed by atoms with van der Waals surface area (Å²) in [7, 11) is 0. The zero-order valence-corrected chi connectivity index (χ0v) is 12.4. The Kier molecular flexibility index (Phi) is 6.15. The molecule has 0 heterocycles. The predicted molar refractivity (Wildman–Crippen MR) is 74.0 cm³/mol. The van der Waals surface area contributed by atoms with Crippen molar-refractivity contribution < 1.29 is 27.5 Å². The summed E-state index contributed by atoms with van der Waals surface area (Å²) in [5, 5.41) is 9.02. The smallest absolute Gasteiger partial charge is 0.411 e. The van der Waals surface area contributed by atoms with Crippen molar-refractivity contribution in [2.75, 3.05) is 23.1 Å². The molecule has 0 spiro atoms. The number of aryl methyl sites for hydroxylation is 1. The zero-order valence-electron chi connectivity index (χ0n) is 10.9. The first-order valence-corrected chi connectivity index (χ1v) is 7.24. The van der Waals surface area contributed by atoms with E-state index in [0.717, 1.165) is 12.1 Å². The van der Waals surface area contributed by atoms with Gasteiger partial charge in [-0.15, -0.1) is 23.4 Å². The highest BCUT2D eigenvalue weighted by atomic mass is 35.5. The van der Waals surface area contributed by atoms with Gasteiger partial charge in [0.15, 0.2) is 0 Å². The van der Waals surface area contributed by atoms with Crippen molar-refractivity contribution >= 4 is 35.1 Å². The van der Waals surface area contributed by atoms with Gasteiger partial charge >= 0.3 is 12.3 Å². The van der Waals surface area contributed by atoms with Crippen LogP contribution in [0.25, 0.3) is 0 Å². The summed E-state index contributed by atoms with van der Waals surface area (Å²) in [6.45, 7) is 1.29. The minimum atomic E-state index is -4.37. The molecule has 3 nitrogen and oxygen atoms in total. The van der Waals surface area contributed by atoms with Crippen molar-refractivity contribution in [3.63, 3.8) is 0 Å². The average Bonchev–Trinajstić information content (AvgIpc) is 2.34. The molecule has 0 saturated heterocycles. The molecule has 0 fully saturated rings. The maximum Gasteiger partial charge on any atom is 0.411 e. The third kappa shape index (κ3) is 5.28. The van der Waals surface area contributed by atoms with Gasteiger partial charge in [-0.1, -0.05) is 0 Å². The number of hydrogen-bond acceptors (Lipinski definition) is 2. The topological polar surface area (TPSA) is 40.5 Å². The standard InChI is InChI=1S/C12H12ClF4NO2S/c1-7-4-8(14)9(18(3-2-13)11(19)20)5-10(7)21-6-12(15,16)17/h4-5H,2-3,6H2,1H3,(H,19,20). The van der Waals surface area contributed by atoms with Crippen LogP contribution in [-0.2, 0) is 0 Å². The van der Waals surface area contributed by atoms with Gasteiger partial charge in [-0.2, -0.15) is 13.2 Å². The molecule has 0 atom stereocenters. The third-order valence-electron chi connectivity index (χ3n) is 2.47. The van der Waals surface area contributed by atoms with Crippen molar-refractivity contribution in [3.8, 4) is 0 Å². The van der Waals surface area contributed by atoms with Crippen LogP contribution in [0.15, 0.2) is 17.0 Å². The third-order valence-corrected chi connectivity index (χ3v) is 3.86. The second kappa shape index (κ2) is 7.22. The fourth-order valence-electron chi connectivity index (χ4n) is 1.57. The van der Waals surface area contributed by atoms with E-state index in [4.69, 9.17) is 16.7 Å². The van der Waals surface area contributed by atoms with E-state index >= 15 is 0 Å². The number of benzene rings is 1. The van der Waals surface area contributed by atoms with E-state index in [0.29, 0.717) is 22.2 Å². The molecule has 1 N–H and O–H groups in total. The Morgan fingerprint density at radius 1 is 1.43 bits per heavy atom. The first-order valence-electron chi connectivity index (χ1n) is 5.72. The SMILES string of the molecule is Cc1cc(F)c(N(CCCl)C(=O)O)cc1SCC(F)(F)F. The van der Waals surface area contributed by atoms with E-state index in [-0.39, 0.29) is 23.0 Å². The van der Waals surface area contributed by atoms with Crippen molar-refractivity contribution in [1.82, 2.24) is 0 Å². The molecule has 0 aliphatic heterocycles. The van der Waals surface area contributed by atoms with Crippen molar-refractivity contribution in [2.45, 2.75) is 18.0 Å². The molecular formula is C12H12ClF4NO2S. The first-order chi connectivity index (χ1) is 9.65. The van der Waals surface area contributed by atoms with Crippen molar-refractivity contribution in [3.05, 3.63) is 23.5 Å². The number of anilines is 1. The predicted octanol–water partition coefficient (Wildman–Crippen LogP) is 4.51. The highest BCUT2D eigenvalue weighted by Gasteiger charge is 2.28. The largest absolute Gasteiger partial charge is 0.465 e. The molecule has 0 saturated carbocycles. The second-order valence-corrected chi connectivity index (χ2v) is 5.49. The van der Waals surface area contributed by atoms with E-state index in [2.05, 4.69) is 0 Å². The van der Waals surface area contributed by atoms with E-state index in [1.54, 1.807) is 0 Å². The zero-order chi connectivity index (χ0) is 16.2. The molecule has 1 aromatic rings. The van der Waals surface area contributed by atoms with Crippen LogP contribution in [0, 0.1) is 12.7 Å². The number of hydrogen-bond donors (Lipinski definition) is 1. The lowest BCUT2D eigenvalue weighted by atomic mass is 10.2. The molecule has 1 amide bonds. The maximum absolute atomic E-state index is 13.9. The lowest BCUT2D eigenvalue weighted by Crippen LogP contribution is -2.32. The highest BCUT2D eigenvalue weighted by Crippen LogP contribution is 2.33. The van der Waals surface area contributed by atoms with Crippen LogP contribution >= 0.6 is 23.4 Å². The van der Waals surface area contributed by atoms with Crippen LogP contribution in [0.2, 0.25) is 0 Å². The summed E-state index contributed by atoms with van der Waals surface area (Å²) in [6, 6.07) is 2.11. The van der Waals surface area contributed by atoms with Crippen molar-refractivity contribution in [1.29, 1.82) is 0 Å². The Labute approximate surface area is 127 Å². The number of nitrogens with zero attached hydrogens (tertiary/aromatic N) is 1. The lowest BCUT2D eigenvalue weighted by molar-refractivity contribution is -0.105. The van der Waals surface area contributed by atoms with Crippen LogP contribution in [0.1, 0.15) is 5.56 Å². The first kappa shape index (κ1) is 17.9. The number of alkyl halides is 4. The number of carboxylic acid groups (broad SMARTS) is 1. The molecule has 1 rings (SSSR count). The molecule has 0 radical (unpaired) electrons. The highest BCUT2D eigenvalue weighted by molar-refractivity contribution is 7.99. The number of rotatable bonds is 5. The van der Waals surface area contributed by atoms with E-state index in [1.807, 2.05) is 0 Å². The van der Waals surface area contributed by atoms with Gasteiger partial charge in [-0.05, 0) is 24.6 Å². The summed E-state index contributed by atoms with van der Waals surface area (Å²) in [5.41, 5.74) is 0.000127. The molecule has 9 heteroatoms. The summed E-state index contributed by atoms with van der Waals surface area (Å²) >= 11 is 5.93. The van der Waals surface area contributed by atoms with Gasteiger partial charge in [0, 0.05) is 17.3 Å². The Bertz CT molecular complexity index is 525. The number of carbonyl (C=O) groups is 1. The van der Waals surface area contributed by atoms with Gasteiger partial charge in [0.05, 0.1) is 11.4 Å². The summed E-state index contributed by atoms with van der Waals surface area (Å²) in [5.74, 6) is -2.03. The van der Waals surface area contributed by atoms with Gasteiger partial charge in [-0.3, -0.25) is 4.90 Å². The molecule has 1 aromatic carbocycles. The van der Waals surface area contributed by atoms with Crippen LogP contribution in [-0.4, -0.2) is 35.6 Å². The number of amides is 1. The van der Waals surface area contributed by atoms with E-state index in [9.17, 15) is 22.4 Å². The second-order valence-electron chi connectivity index (χ2n) is 4.10. The number of halogens is 5. The minimum Gasteiger partial charge on any atom is -0.465 e. The molecule has 0 aliphatic carbocycles. The van der Waals surface area contributed by atoms with E-state index in [1.165, 1.54) is 6.92 Å². The van der Waals surface area contributed by atoms with E-state index < -0.39 is 23.8 Å². The Balaban J connectivity index is 3.12. The van der Waals surface area contributed by atoms with Gasteiger partial charge in [0.25, 0.3) is 0 Å². The normalized spacial score (nSPS) is 11.5. The Morgan fingerprint density at radius 2 is 2.05 bits per heavy atom. The van der Waals surface area contributed by atoms with Crippen LogP contribution in [0.5, 0.6) is 0 Å². The molecular weight excluding hydrogens is 334 g/mol. The lowest BCUT2D eigenvalue weighted by Gasteiger charge is -2.20. The summed E-state index contributed by atoms with van der Waals surface area (Å²) in [4.78, 5) is 11.9. The van der Waals surface area contributed by atoms with Crippen LogP contribution in [0.4, 0.5) is 28.0 Å². The molecule has 0 aliphatic rings. The molecule has 0 aromatic heterocycles. The molecule has 118 valence electrons. The fourth-order valence-corrected chi connectivity index (χ4v) is 2.54. The van der Waals surface area contributed by atoms with Gasteiger partial charge in [0.1, 0.15) is 5.82 Å². The quantitative estimate of drug-likeness (QED) is 0.485. The number of thioether (sulfide) groups is 1. The van der Waals surface area contributed by atoms with Gasteiger partial charge in [-0.25, -0.2) is 9.18 Å². The Morgan fingerprint density at radius 3 is 2.52 bits per heavy atom. The summed E-state index contributed by atoms with van der Waals surface area (Å²) in [6.07, 6.45) is -5.79. The minimum absolute atomic E-state index is 0.0648. The molecule has 0 unspecified atom stereocenters. The van der Waals surface area contributed by atoms with Crippen LogP contribution < -0.4 is 4.90 Å². The van der Waals surface area contributed by atoms with Gasteiger partial charge in [0.2, 0.25) is 0 Å². The van der Waals surface area contributed by atoms with Crippen molar-refractivity contribution in [2.24, 2.45) is 0 Å². The van der Waals surface area contributed by atoms with Crippen LogP contribution in [0.3, 0.4) is 0 Å². The summed E-state index contributed by atoms with van der Waals surface area (Å²) < 4.78 is 50.6.